The molecule has 0 heterocycles. The summed E-state index contributed by atoms with van der Waals surface area (Å²) in [5, 5.41) is 3.44. The molecule has 0 saturated heterocycles. The first-order valence-electron chi connectivity index (χ1n) is 5.62. The molecule has 2 aromatic rings. The van der Waals surface area contributed by atoms with Crippen molar-refractivity contribution in [2.24, 2.45) is 0 Å². The Morgan fingerprint density at radius 3 is 2.67 bits per heavy atom. The molecule has 0 spiro atoms. The molecule has 4 heteroatoms. The van der Waals surface area contributed by atoms with E-state index in [2.05, 4.69) is 5.32 Å². The first-order valence-corrected chi connectivity index (χ1v) is 6.00. The van der Waals surface area contributed by atoms with Gasteiger partial charge in [0.15, 0.2) is 0 Å². The van der Waals surface area contributed by atoms with E-state index in [0.717, 1.165) is 5.75 Å². The van der Waals surface area contributed by atoms with E-state index in [0.29, 0.717) is 23.9 Å². The van der Waals surface area contributed by atoms with Crippen molar-refractivity contribution in [3.63, 3.8) is 0 Å². The minimum absolute atomic E-state index is 0.320. The van der Waals surface area contributed by atoms with E-state index < -0.39 is 0 Å². The van der Waals surface area contributed by atoms with Crippen molar-refractivity contribution in [3.05, 3.63) is 59.4 Å². The van der Waals surface area contributed by atoms with Gasteiger partial charge in [0.05, 0.1) is 5.69 Å². The highest BCUT2D eigenvalue weighted by Crippen LogP contribution is 2.19. The molecule has 0 radical (unpaired) electrons. The van der Waals surface area contributed by atoms with E-state index in [1.165, 1.54) is 12.1 Å². The lowest BCUT2D eigenvalue weighted by molar-refractivity contribution is 0.332. The highest BCUT2D eigenvalue weighted by Gasteiger charge is 2.01. The molecule has 2 nitrogen and oxygen atoms in total. The Morgan fingerprint density at radius 2 is 1.89 bits per heavy atom. The number of benzene rings is 2. The number of halogens is 2. The van der Waals surface area contributed by atoms with Gasteiger partial charge < -0.3 is 10.1 Å². The van der Waals surface area contributed by atoms with Gasteiger partial charge in [-0.15, -0.1) is 0 Å². The second-order valence-corrected chi connectivity index (χ2v) is 4.15. The van der Waals surface area contributed by atoms with Crippen molar-refractivity contribution in [1.82, 2.24) is 0 Å². The minimum atomic E-state index is -0.320. The van der Waals surface area contributed by atoms with Gasteiger partial charge in [0.25, 0.3) is 0 Å². The van der Waals surface area contributed by atoms with E-state index in [-0.39, 0.29) is 5.82 Å². The van der Waals surface area contributed by atoms with Gasteiger partial charge in [0, 0.05) is 11.6 Å². The van der Waals surface area contributed by atoms with Gasteiger partial charge in [0.1, 0.15) is 18.2 Å². The van der Waals surface area contributed by atoms with E-state index in [1.54, 1.807) is 6.07 Å². The molecule has 0 aliphatic carbocycles. The zero-order chi connectivity index (χ0) is 12.8. The molecule has 1 N–H and O–H groups in total. The van der Waals surface area contributed by atoms with Crippen LogP contribution in [-0.2, 0) is 0 Å². The largest absolute Gasteiger partial charge is 0.492 e. The summed E-state index contributed by atoms with van der Waals surface area (Å²) in [7, 11) is 0. The maximum Gasteiger partial charge on any atom is 0.146 e. The quantitative estimate of drug-likeness (QED) is 0.826. The Kier molecular flexibility index (Phi) is 4.42. The first kappa shape index (κ1) is 12.7. The van der Waals surface area contributed by atoms with Crippen LogP contribution in [0.5, 0.6) is 5.75 Å². The standard InChI is InChI=1S/C14H13ClFNO/c15-11-6-7-13(16)14(10-11)17-8-9-18-12-4-2-1-3-5-12/h1-7,10,17H,8-9H2. The smallest absolute Gasteiger partial charge is 0.146 e. The van der Waals surface area contributed by atoms with Gasteiger partial charge in [-0.05, 0) is 30.3 Å². The Balaban J connectivity index is 1.80. The van der Waals surface area contributed by atoms with Crippen LogP contribution in [0, 0.1) is 5.82 Å². The van der Waals surface area contributed by atoms with Crippen LogP contribution in [0.15, 0.2) is 48.5 Å². The fourth-order valence-corrected chi connectivity index (χ4v) is 1.68. The molecular formula is C14H13ClFNO. The number of ether oxygens (including phenoxy) is 1. The summed E-state index contributed by atoms with van der Waals surface area (Å²) >= 11 is 5.79. The average molecular weight is 266 g/mol. The Labute approximate surface area is 110 Å². The van der Waals surface area contributed by atoms with Crippen LogP contribution >= 0.6 is 11.6 Å². The fraction of sp³-hybridized carbons (Fsp3) is 0.143. The van der Waals surface area contributed by atoms with E-state index in [1.807, 2.05) is 30.3 Å². The molecule has 94 valence electrons. The molecule has 2 aromatic carbocycles. The lowest BCUT2D eigenvalue weighted by Gasteiger charge is -2.09. The van der Waals surface area contributed by atoms with Gasteiger partial charge in [0.2, 0.25) is 0 Å². The molecule has 0 unspecified atom stereocenters. The maximum absolute atomic E-state index is 13.4. The minimum Gasteiger partial charge on any atom is -0.492 e. The van der Waals surface area contributed by atoms with Crippen molar-refractivity contribution in [2.45, 2.75) is 0 Å². The zero-order valence-electron chi connectivity index (χ0n) is 9.70. The summed E-state index contributed by atoms with van der Waals surface area (Å²) in [6, 6.07) is 13.9. The third kappa shape index (κ3) is 3.64. The lowest BCUT2D eigenvalue weighted by atomic mass is 10.3. The van der Waals surface area contributed by atoms with E-state index in [9.17, 15) is 4.39 Å². The van der Waals surface area contributed by atoms with Gasteiger partial charge >= 0.3 is 0 Å². The predicted octanol–water partition coefficient (Wildman–Crippen LogP) is 3.97. The van der Waals surface area contributed by atoms with Gasteiger partial charge in [-0.2, -0.15) is 0 Å². The lowest BCUT2D eigenvalue weighted by Crippen LogP contribution is -2.12. The summed E-state index contributed by atoms with van der Waals surface area (Å²) < 4.78 is 18.8. The Hall–Kier alpha value is -1.74. The molecular weight excluding hydrogens is 253 g/mol. The number of nitrogens with one attached hydrogen (secondary N) is 1. The first-order chi connectivity index (χ1) is 8.75. The van der Waals surface area contributed by atoms with Crippen molar-refractivity contribution in [1.29, 1.82) is 0 Å². The third-order valence-corrected chi connectivity index (χ3v) is 2.59. The topological polar surface area (TPSA) is 21.3 Å². The fourth-order valence-electron chi connectivity index (χ4n) is 1.50. The summed E-state index contributed by atoms with van der Waals surface area (Å²) in [6.07, 6.45) is 0. The molecule has 0 bridgehead atoms. The Bertz CT molecular complexity index is 504. The molecule has 0 saturated carbocycles. The number of para-hydroxylation sites is 1. The van der Waals surface area contributed by atoms with Gasteiger partial charge in [-0.1, -0.05) is 29.8 Å². The van der Waals surface area contributed by atoms with Crippen LogP contribution in [0.2, 0.25) is 5.02 Å². The summed E-state index contributed by atoms with van der Waals surface area (Å²) in [4.78, 5) is 0. The number of hydrogen-bond donors (Lipinski definition) is 1. The number of rotatable bonds is 5. The average Bonchev–Trinajstić information content (AvgIpc) is 2.40. The van der Waals surface area contributed by atoms with Gasteiger partial charge in [-0.3, -0.25) is 0 Å². The van der Waals surface area contributed by atoms with Crippen molar-refractivity contribution >= 4 is 17.3 Å². The second-order valence-electron chi connectivity index (χ2n) is 3.71. The predicted molar refractivity (Wildman–Crippen MR) is 71.8 cm³/mol. The summed E-state index contributed by atoms with van der Waals surface area (Å²) in [5.41, 5.74) is 0.388. The maximum atomic E-state index is 13.4. The highest BCUT2D eigenvalue weighted by atomic mass is 35.5. The van der Waals surface area contributed by atoms with Crippen LogP contribution < -0.4 is 10.1 Å². The molecule has 0 amide bonds. The monoisotopic (exact) mass is 265 g/mol. The van der Waals surface area contributed by atoms with Crippen molar-refractivity contribution < 1.29 is 9.13 Å². The van der Waals surface area contributed by atoms with Gasteiger partial charge in [-0.25, -0.2) is 4.39 Å². The Morgan fingerprint density at radius 1 is 1.11 bits per heavy atom. The summed E-state index contributed by atoms with van der Waals surface area (Å²) in [5.74, 6) is 0.477. The SMILES string of the molecule is Fc1ccc(Cl)cc1NCCOc1ccccc1. The molecule has 18 heavy (non-hydrogen) atoms. The van der Waals surface area contributed by atoms with Crippen molar-refractivity contribution in [3.8, 4) is 5.75 Å². The van der Waals surface area contributed by atoms with Crippen LogP contribution in [0.3, 0.4) is 0 Å². The van der Waals surface area contributed by atoms with Crippen LogP contribution in [0.25, 0.3) is 0 Å². The molecule has 0 fully saturated rings. The molecule has 0 aromatic heterocycles. The molecule has 0 aliphatic heterocycles. The third-order valence-electron chi connectivity index (χ3n) is 2.36. The second kappa shape index (κ2) is 6.26. The summed E-state index contributed by atoms with van der Waals surface area (Å²) in [6.45, 7) is 0.960. The van der Waals surface area contributed by atoms with E-state index >= 15 is 0 Å². The van der Waals surface area contributed by atoms with E-state index in [4.69, 9.17) is 16.3 Å². The van der Waals surface area contributed by atoms with Crippen LogP contribution in [0.4, 0.5) is 10.1 Å². The number of anilines is 1. The van der Waals surface area contributed by atoms with Crippen molar-refractivity contribution in [2.75, 3.05) is 18.5 Å². The molecule has 2 rings (SSSR count). The van der Waals surface area contributed by atoms with Crippen LogP contribution in [-0.4, -0.2) is 13.2 Å². The normalized spacial score (nSPS) is 10.1. The molecule has 0 aliphatic rings. The highest BCUT2D eigenvalue weighted by molar-refractivity contribution is 6.30. The van der Waals surface area contributed by atoms with Crippen LogP contribution in [0.1, 0.15) is 0 Å². The molecule has 0 atom stereocenters. The number of hydrogen-bond acceptors (Lipinski definition) is 2. The zero-order valence-corrected chi connectivity index (χ0v) is 10.5.